The number of nitrogens with zero attached hydrogens (tertiary/aromatic N) is 3. The number of aromatic amines is 1. The second kappa shape index (κ2) is 6.58. The molecule has 2 N–H and O–H groups in total. The van der Waals surface area contributed by atoms with Crippen LogP contribution in [0.2, 0.25) is 0 Å². The highest BCUT2D eigenvalue weighted by molar-refractivity contribution is 5.64. The fourth-order valence-electron chi connectivity index (χ4n) is 2.50. The van der Waals surface area contributed by atoms with E-state index in [-0.39, 0.29) is 0 Å². The van der Waals surface area contributed by atoms with E-state index in [1.54, 1.807) is 0 Å². The third-order valence-electron chi connectivity index (χ3n) is 3.54. The van der Waals surface area contributed by atoms with Gasteiger partial charge in [0, 0.05) is 19.6 Å². The van der Waals surface area contributed by atoms with Gasteiger partial charge in [-0.05, 0) is 32.0 Å². The molecule has 1 aromatic carbocycles. The molecule has 2 aromatic rings. The van der Waals surface area contributed by atoms with Crippen LogP contribution in [0.25, 0.3) is 11.4 Å². The van der Waals surface area contributed by atoms with Gasteiger partial charge in [-0.2, -0.15) is 4.98 Å². The monoisotopic (exact) mass is 287 g/mol. The lowest BCUT2D eigenvalue weighted by Gasteiger charge is -2.16. The Labute approximate surface area is 124 Å². The quantitative estimate of drug-likeness (QED) is 0.895. The van der Waals surface area contributed by atoms with Crippen molar-refractivity contribution in [3.63, 3.8) is 0 Å². The van der Waals surface area contributed by atoms with Crippen molar-refractivity contribution in [1.29, 1.82) is 0 Å². The first-order valence-corrected chi connectivity index (χ1v) is 7.48. The predicted molar refractivity (Wildman–Crippen MR) is 82.7 cm³/mol. The van der Waals surface area contributed by atoms with Crippen molar-refractivity contribution in [3.8, 4) is 17.1 Å². The Kier molecular flexibility index (Phi) is 4.35. The van der Waals surface area contributed by atoms with Gasteiger partial charge in [-0.3, -0.25) is 5.10 Å². The van der Waals surface area contributed by atoms with Crippen molar-refractivity contribution < 1.29 is 4.74 Å². The number of H-pyrrole nitrogens is 1. The molecule has 6 heteroatoms. The first-order valence-electron chi connectivity index (χ1n) is 7.48. The van der Waals surface area contributed by atoms with Crippen LogP contribution in [0.3, 0.4) is 0 Å². The maximum absolute atomic E-state index is 5.65. The maximum Gasteiger partial charge on any atom is 0.245 e. The van der Waals surface area contributed by atoms with Crippen molar-refractivity contribution in [3.05, 3.63) is 24.3 Å². The molecule has 0 spiro atoms. The van der Waals surface area contributed by atoms with Gasteiger partial charge in [-0.25, -0.2) is 0 Å². The number of anilines is 1. The van der Waals surface area contributed by atoms with Crippen LogP contribution in [-0.4, -0.2) is 48.0 Å². The van der Waals surface area contributed by atoms with Crippen LogP contribution in [-0.2, 0) is 0 Å². The van der Waals surface area contributed by atoms with Crippen molar-refractivity contribution >= 4 is 5.95 Å². The normalized spacial score (nSPS) is 15.8. The van der Waals surface area contributed by atoms with Gasteiger partial charge in [0.25, 0.3) is 0 Å². The Morgan fingerprint density at radius 2 is 2.14 bits per heavy atom. The zero-order chi connectivity index (χ0) is 14.5. The first-order chi connectivity index (χ1) is 10.4. The van der Waals surface area contributed by atoms with E-state index >= 15 is 0 Å². The van der Waals surface area contributed by atoms with Crippen LogP contribution in [0.4, 0.5) is 5.95 Å². The molecular formula is C15H21N5O. The molecule has 3 rings (SSSR count). The Hall–Kier alpha value is -2.08. The third-order valence-corrected chi connectivity index (χ3v) is 3.54. The molecule has 0 atom stereocenters. The average Bonchev–Trinajstić information content (AvgIpc) is 2.84. The number of nitrogens with one attached hydrogen (secondary N) is 2. The second-order valence-corrected chi connectivity index (χ2v) is 5.00. The Bertz CT molecular complexity index is 575. The number of hydrogen-bond donors (Lipinski definition) is 2. The number of benzene rings is 1. The molecular weight excluding hydrogens is 266 g/mol. The van der Waals surface area contributed by atoms with Gasteiger partial charge in [0.15, 0.2) is 5.82 Å². The zero-order valence-corrected chi connectivity index (χ0v) is 12.3. The van der Waals surface area contributed by atoms with Crippen LogP contribution in [0, 0.1) is 0 Å². The van der Waals surface area contributed by atoms with Gasteiger partial charge in [-0.15, -0.1) is 5.10 Å². The molecule has 0 aliphatic carbocycles. The summed E-state index contributed by atoms with van der Waals surface area (Å²) in [5, 5.41) is 10.8. The molecule has 2 heterocycles. The molecule has 1 fully saturated rings. The minimum atomic E-state index is 0.635. The van der Waals surface area contributed by atoms with E-state index in [4.69, 9.17) is 4.74 Å². The largest absolute Gasteiger partial charge is 0.493 e. The maximum atomic E-state index is 5.65. The Morgan fingerprint density at radius 1 is 1.24 bits per heavy atom. The highest BCUT2D eigenvalue weighted by Gasteiger charge is 2.16. The molecule has 0 amide bonds. The summed E-state index contributed by atoms with van der Waals surface area (Å²) in [5.74, 6) is 2.35. The second-order valence-electron chi connectivity index (χ2n) is 5.00. The smallest absolute Gasteiger partial charge is 0.245 e. The van der Waals surface area contributed by atoms with Gasteiger partial charge >= 0.3 is 0 Å². The summed E-state index contributed by atoms with van der Waals surface area (Å²) in [6, 6.07) is 7.90. The van der Waals surface area contributed by atoms with E-state index in [1.165, 1.54) is 0 Å². The molecule has 0 radical (unpaired) electrons. The molecule has 0 bridgehead atoms. The van der Waals surface area contributed by atoms with Crippen LogP contribution < -0.4 is 15.0 Å². The molecule has 6 nitrogen and oxygen atoms in total. The van der Waals surface area contributed by atoms with E-state index in [2.05, 4.69) is 25.4 Å². The highest BCUT2D eigenvalue weighted by atomic mass is 16.5. The molecule has 0 unspecified atom stereocenters. The topological polar surface area (TPSA) is 66.1 Å². The van der Waals surface area contributed by atoms with Gasteiger partial charge in [0.2, 0.25) is 5.95 Å². The molecule has 21 heavy (non-hydrogen) atoms. The van der Waals surface area contributed by atoms with E-state index in [1.807, 2.05) is 31.2 Å². The fourth-order valence-corrected chi connectivity index (χ4v) is 2.50. The van der Waals surface area contributed by atoms with Crippen molar-refractivity contribution in [2.45, 2.75) is 13.3 Å². The SMILES string of the molecule is CCOc1ccccc1-c1nc(N2CCCNCC2)n[nH]1. The van der Waals surface area contributed by atoms with Crippen LogP contribution in [0.1, 0.15) is 13.3 Å². The lowest BCUT2D eigenvalue weighted by Crippen LogP contribution is -2.28. The number of aromatic nitrogens is 3. The van der Waals surface area contributed by atoms with Crippen molar-refractivity contribution in [2.24, 2.45) is 0 Å². The summed E-state index contributed by atoms with van der Waals surface area (Å²) < 4.78 is 5.65. The zero-order valence-electron chi connectivity index (χ0n) is 12.3. The van der Waals surface area contributed by atoms with Crippen molar-refractivity contribution in [2.75, 3.05) is 37.7 Å². The third kappa shape index (κ3) is 3.16. The molecule has 1 aromatic heterocycles. The molecule has 1 aliphatic heterocycles. The molecule has 1 saturated heterocycles. The van der Waals surface area contributed by atoms with Gasteiger partial charge in [-0.1, -0.05) is 12.1 Å². The highest BCUT2D eigenvalue weighted by Crippen LogP contribution is 2.28. The van der Waals surface area contributed by atoms with E-state index < -0.39 is 0 Å². The van der Waals surface area contributed by atoms with Crippen LogP contribution in [0.5, 0.6) is 5.75 Å². The van der Waals surface area contributed by atoms with Gasteiger partial charge in [0.1, 0.15) is 5.75 Å². The predicted octanol–water partition coefficient (Wildman–Crippen LogP) is 1.67. The summed E-state index contributed by atoms with van der Waals surface area (Å²) in [6.07, 6.45) is 1.11. The summed E-state index contributed by atoms with van der Waals surface area (Å²) >= 11 is 0. The molecule has 112 valence electrons. The van der Waals surface area contributed by atoms with E-state index in [0.29, 0.717) is 6.61 Å². The molecule has 1 aliphatic rings. The number of ether oxygens (including phenoxy) is 1. The number of rotatable bonds is 4. The standard InChI is InChI=1S/C15H21N5O/c1-2-21-13-7-4-3-6-12(13)14-17-15(19-18-14)20-10-5-8-16-9-11-20/h3-4,6-7,16H,2,5,8-11H2,1H3,(H,17,18,19). The average molecular weight is 287 g/mol. The number of para-hydroxylation sites is 1. The van der Waals surface area contributed by atoms with Crippen LogP contribution in [0.15, 0.2) is 24.3 Å². The lowest BCUT2D eigenvalue weighted by atomic mass is 10.2. The Balaban J connectivity index is 1.84. The lowest BCUT2D eigenvalue weighted by molar-refractivity contribution is 0.341. The van der Waals surface area contributed by atoms with E-state index in [0.717, 1.165) is 55.7 Å². The molecule has 0 saturated carbocycles. The van der Waals surface area contributed by atoms with Gasteiger partial charge in [0.05, 0.1) is 12.2 Å². The van der Waals surface area contributed by atoms with Gasteiger partial charge < -0.3 is 15.0 Å². The van der Waals surface area contributed by atoms with Crippen LogP contribution >= 0.6 is 0 Å². The van der Waals surface area contributed by atoms with Crippen molar-refractivity contribution in [1.82, 2.24) is 20.5 Å². The minimum absolute atomic E-state index is 0.635. The van der Waals surface area contributed by atoms with E-state index in [9.17, 15) is 0 Å². The minimum Gasteiger partial charge on any atom is -0.493 e. The number of hydrogen-bond acceptors (Lipinski definition) is 5. The first kappa shape index (κ1) is 13.9. The Morgan fingerprint density at radius 3 is 3.05 bits per heavy atom. The summed E-state index contributed by atoms with van der Waals surface area (Å²) in [4.78, 5) is 6.85. The summed E-state index contributed by atoms with van der Waals surface area (Å²) in [7, 11) is 0. The summed E-state index contributed by atoms with van der Waals surface area (Å²) in [5.41, 5.74) is 0.950. The summed E-state index contributed by atoms with van der Waals surface area (Å²) in [6.45, 7) is 6.56. The fraction of sp³-hybridized carbons (Fsp3) is 0.467.